The molecule has 0 saturated carbocycles. The fourth-order valence-electron chi connectivity index (χ4n) is 2.21. The van der Waals surface area contributed by atoms with Crippen molar-refractivity contribution in [1.82, 2.24) is 5.32 Å². The minimum Gasteiger partial charge on any atom is -0.398 e. The number of nitrogens with one attached hydrogen (secondary N) is 1. The zero-order chi connectivity index (χ0) is 14.7. The monoisotopic (exact) mass is 268 g/mol. The Balaban J connectivity index is 2.19. The van der Waals surface area contributed by atoms with Crippen LogP contribution in [0.4, 0.5) is 5.69 Å². The molecule has 1 amide bonds. The quantitative estimate of drug-likeness (QED) is 0.838. The van der Waals surface area contributed by atoms with E-state index in [0.717, 1.165) is 16.7 Å². The number of amides is 1. The maximum atomic E-state index is 12.3. The second kappa shape index (κ2) is 5.78. The molecule has 0 unspecified atom stereocenters. The third-order valence-corrected chi connectivity index (χ3v) is 3.50. The lowest BCUT2D eigenvalue weighted by molar-refractivity contribution is 0.0939. The first-order chi connectivity index (χ1) is 9.49. The third-order valence-electron chi connectivity index (χ3n) is 3.50. The Morgan fingerprint density at radius 3 is 2.40 bits per heavy atom. The topological polar surface area (TPSA) is 55.1 Å². The molecule has 0 bridgehead atoms. The molecule has 20 heavy (non-hydrogen) atoms. The summed E-state index contributed by atoms with van der Waals surface area (Å²) in [6.45, 7) is 5.84. The van der Waals surface area contributed by atoms with Crippen molar-refractivity contribution in [1.29, 1.82) is 0 Å². The number of nitrogen functional groups attached to an aromatic ring is 1. The Hall–Kier alpha value is -2.29. The van der Waals surface area contributed by atoms with Crippen LogP contribution in [0.1, 0.15) is 40.0 Å². The Kier molecular flexibility index (Phi) is 4.08. The predicted molar refractivity (Wildman–Crippen MR) is 82.7 cm³/mol. The highest BCUT2D eigenvalue weighted by Crippen LogP contribution is 2.19. The molecule has 1 atom stereocenters. The first kappa shape index (κ1) is 14.1. The van der Waals surface area contributed by atoms with Crippen molar-refractivity contribution in [2.24, 2.45) is 0 Å². The van der Waals surface area contributed by atoms with Gasteiger partial charge < -0.3 is 11.1 Å². The van der Waals surface area contributed by atoms with Crippen LogP contribution in [0, 0.1) is 13.8 Å². The minimum atomic E-state index is -0.0921. The normalized spacial score (nSPS) is 11.9. The Morgan fingerprint density at radius 1 is 1.10 bits per heavy atom. The summed E-state index contributed by atoms with van der Waals surface area (Å²) in [7, 11) is 0. The summed E-state index contributed by atoms with van der Waals surface area (Å²) in [5, 5.41) is 3.01. The maximum Gasteiger partial charge on any atom is 0.252 e. The number of carbonyl (C=O) groups excluding carboxylic acids is 1. The van der Waals surface area contributed by atoms with Crippen molar-refractivity contribution in [3.8, 4) is 0 Å². The molecule has 0 aromatic heterocycles. The molecular formula is C17H20N2O. The Morgan fingerprint density at radius 2 is 1.75 bits per heavy atom. The zero-order valence-electron chi connectivity index (χ0n) is 12.1. The largest absolute Gasteiger partial charge is 0.398 e. The molecule has 0 fully saturated rings. The van der Waals surface area contributed by atoms with Crippen molar-refractivity contribution >= 4 is 11.6 Å². The summed E-state index contributed by atoms with van der Waals surface area (Å²) in [5.41, 5.74) is 10.2. The predicted octanol–water partition coefficient (Wildman–Crippen LogP) is 3.38. The maximum absolute atomic E-state index is 12.3. The van der Waals surface area contributed by atoms with Crippen LogP contribution in [0.3, 0.4) is 0 Å². The van der Waals surface area contributed by atoms with Gasteiger partial charge in [0, 0.05) is 11.3 Å². The van der Waals surface area contributed by atoms with Gasteiger partial charge in [0.1, 0.15) is 0 Å². The number of benzene rings is 2. The number of carbonyl (C=O) groups is 1. The Labute approximate surface area is 119 Å². The van der Waals surface area contributed by atoms with Crippen LogP contribution in [-0.4, -0.2) is 5.91 Å². The summed E-state index contributed by atoms with van der Waals surface area (Å²) in [4.78, 5) is 12.3. The van der Waals surface area contributed by atoms with Crippen LogP contribution in [0.2, 0.25) is 0 Å². The SMILES string of the molecule is Cc1cc(C)c(C(=O)N[C@H](C)c2ccccc2)cc1N. The number of rotatable bonds is 3. The molecule has 0 heterocycles. The summed E-state index contributed by atoms with van der Waals surface area (Å²) >= 11 is 0. The highest BCUT2D eigenvalue weighted by atomic mass is 16.1. The van der Waals surface area contributed by atoms with Gasteiger partial charge in [-0.05, 0) is 43.5 Å². The van der Waals surface area contributed by atoms with E-state index in [4.69, 9.17) is 5.73 Å². The first-order valence-electron chi connectivity index (χ1n) is 6.71. The van der Waals surface area contributed by atoms with Gasteiger partial charge in [0.25, 0.3) is 5.91 Å². The van der Waals surface area contributed by atoms with Crippen LogP contribution in [-0.2, 0) is 0 Å². The molecule has 104 valence electrons. The van der Waals surface area contributed by atoms with E-state index in [-0.39, 0.29) is 11.9 Å². The molecular weight excluding hydrogens is 248 g/mol. The van der Waals surface area contributed by atoms with Gasteiger partial charge in [-0.2, -0.15) is 0 Å². The number of hydrogen-bond donors (Lipinski definition) is 2. The zero-order valence-corrected chi connectivity index (χ0v) is 12.1. The van der Waals surface area contributed by atoms with E-state index in [9.17, 15) is 4.79 Å². The molecule has 0 aliphatic heterocycles. The number of aryl methyl sites for hydroxylation is 2. The van der Waals surface area contributed by atoms with Gasteiger partial charge in [-0.1, -0.05) is 36.4 Å². The van der Waals surface area contributed by atoms with Gasteiger partial charge in [-0.25, -0.2) is 0 Å². The third kappa shape index (κ3) is 2.99. The van der Waals surface area contributed by atoms with Crippen molar-refractivity contribution in [2.75, 3.05) is 5.73 Å². The van der Waals surface area contributed by atoms with Crippen molar-refractivity contribution in [2.45, 2.75) is 26.8 Å². The number of hydrogen-bond acceptors (Lipinski definition) is 2. The number of nitrogens with two attached hydrogens (primary N) is 1. The highest BCUT2D eigenvalue weighted by Gasteiger charge is 2.14. The molecule has 3 heteroatoms. The highest BCUT2D eigenvalue weighted by molar-refractivity contribution is 5.97. The van der Waals surface area contributed by atoms with E-state index in [1.165, 1.54) is 0 Å². The lowest BCUT2D eigenvalue weighted by atomic mass is 10.0. The fraction of sp³-hybridized carbons (Fsp3) is 0.235. The lowest BCUT2D eigenvalue weighted by Crippen LogP contribution is -2.27. The van der Waals surface area contributed by atoms with E-state index in [0.29, 0.717) is 11.3 Å². The lowest BCUT2D eigenvalue weighted by Gasteiger charge is -2.16. The minimum absolute atomic E-state index is 0.0365. The average molecular weight is 268 g/mol. The smallest absolute Gasteiger partial charge is 0.252 e. The summed E-state index contributed by atoms with van der Waals surface area (Å²) in [6, 6.07) is 13.5. The molecule has 0 spiro atoms. The van der Waals surface area contributed by atoms with Crippen molar-refractivity contribution in [3.63, 3.8) is 0 Å². The Bertz CT molecular complexity index is 620. The standard InChI is InChI=1S/C17H20N2O/c1-11-9-12(2)16(18)10-15(11)17(20)19-13(3)14-7-5-4-6-8-14/h4-10,13H,18H2,1-3H3,(H,19,20)/t13-/m1/s1. The second-order valence-corrected chi connectivity index (χ2v) is 5.13. The van der Waals surface area contributed by atoms with Gasteiger partial charge in [-0.15, -0.1) is 0 Å². The molecule has 0 aliphatic carbocycles. The van der Waals surface area contributed by atoms with E-state index in [1.807, 2.05) is 57.2 Å². The van der Waals surface area contributed by atoms with Crippen LogP contribution in [0.5, 0.6) is 0 Å². The molecule has 2 aromatic carbocycles. The van der Waals surface area contributed by atoms with Crippen LogP contribution < -0.4 is 11.1 Å². The van der Waals surface area contributed by atoms with Crippen LogP contribution in [0.15, 0.2) is 42.5 Å². The molecule has 0 saturated heterocycles. The van der Waals surface area contributed by atoms with E-state index >= 15 is 0 Å². The van der Waals surface area contributed by atoms with Crippen LogP contribution in [0.25, 0.3) is 0 Å². The van der Waals surface area contributed by atoms with E-state index in [1.54, 1.807) is 6.07 Å². The van der Waals surface area contributed by atoms with Gasteiger partial charge in [0.2, 0.25) is 0 Å². The molecule has 3 nitrogen and oxygen atoms in total. The fourth-order valence-corrected chi connectivity index (χ4v) is 2.21. The first-order valence-corrected chi connectivity index (χ1v) is 6.71. The van der Waals surface area contributed by atoms with Gasteiger partial charge in [0.15, 0.2) is 0 Å². The van der Waals surface area contributed by atoms with E-state index < -0.39 is 0 Å². The summed E-state index contributed by atoms with van der Waals surface area (Å²) in [6.07, 6.45) is 0. The average Bonchev–Trinajstić information content (AvgIpc) is 2.43. The van der Waals surface area contributed by atoms with Crippen molar-refractivity contribution < 1.29 is 4.79 Å². The van der Waals surface area contributed by atoms with Crippen molar-refractivity contribution in [3.05, 3.63) is 64.7 Å². The second-order valence-electron chi connectivity index (χ2n) is 5.13. The number of anilines is 1. The van der Waals surface area contributed by atoms with E-state index in [2.05, 4.69) is 5.32 Å². The molecule has 0 radical (unpaired) electrons. The van der Waals surface area contributed by atoms with Gasteiger partial charge >= 0.3 is 0 Å². The summed E-state index contributed by atoms with van der Waals surface area (Å²) in [5.74, 6) is -0.0921. The molecule has 2 aromatic rings. The molecule has 0 aliphatic rings. The van der Waals surface area contributed by atoms with Gasteiger partial charge in [0.05, 0.1) is 6.04 Å². The van der Waals surface area contributed by atoms with Crippen LogP contribution >= 0.6 is 0 Å². The molecule has 2 rings (SSSR count). The molecule has 3 N–H and O–H groups in total. The summed E-state index contributed by atoms with van der Waals surface area (Å²) < 4.78 is 0. The van der Waals surface area contributed by atoms with Gasteiger partial charge in [-0.3, -0.25) is 4.79 Å².